The van der Waals surface area contributed by atoms with Crippen LogP contribution in [-0.4, -0.2) is 33.7 Å². The molecule has 0 spiro atoms. The molecule has 3 N–H and O–H groups in total. The number of carbonyl (C=O) groups excluding carboxylic acids is 1. The number of carboxylic acid groups (broad SMARTS) is 1. The number of rotatable bonds is 4. The molecule has 1 heterocycles. The van der Waals surface area contributed by atoms with Crippen LogP contribution in [0.2, 0.25) is 0 Å². The van der Waals surface area contributed by atoms with Crippen LogP contribution in [0.5, 0.6) is 0 Å². The Morgan fingerprint density at radius 1 is 1.22 bits per heavy atom. The zero-order valence-corrected chi connectivity index (χ0v) is 9.38. The van der Waals surface area contributed by atoms with E-state index in [-0.39, 0.29) is 6.54 Å². The maximum atomic E-state index is 11.6. The van der Waals surface area contributed by atoms with E-state index in [1.54, 1.807) is 36.7 Å². The van der Waals surface area contributed by atoms with Crippen LogP contribution >= 0.6 is 0 Å². The topological polar surface area (TPSA) is 95.1 Å². The highest BCUT2D eigenvalue weighted by atomic mass is 16.4. The second kappa shape index (κ2) is 5.13. The van der Waals surface area contributed by atoms with Gasteiger partial charge in [0.25, 0.3) is 5.91 Å². The predicted octanol–water partition coefficient (Wildman–Crippen LogP) is 0.891. The monoisotopic (exact) mass is 245 g/mol. The lowest BCUT2D eigenvalue weighted by atomic mass is 10.1. The van der Waals surface area contributed by atoms with Gasteiger partial charge in [-0.3, -0.25) is 14.7 Å². The quantitative estimate of drug-likeness (QED) is 0.745. The third kappa shape index (κ3) is 2.73. The fourth-order valence-electron chi connectivity index (χ4n) is 1.48. The zero-order chi connectivity index (χ0) is 13.0. The summed E-state index contributed by atoms with van der Waals surface area (Å²) in [6.45, 7) is -0.387. The van der Waals surface area contributed by atoms with Gasteiger partial charge in [-0.05, 0) is 17.7 Å². The highest BCUT2D eigenvalue weighted by Crippen LogP contribution is 2.17. The van der Waals surface area contributed by atoms with Crippen LogP contribution in [0.3, 0.4) is 0 Å². The predicted molar refractivity (Wildman–Crippen MR) is 64.0 cm³/mol. The smallest absolute Gasteiger partial charge is 0.322 e. The lowest BCUT2D eigenvalue weighted by molar-refractivity contribution is -0.135. The summed E-state index contributed by atoms with van der Waals surface area (Å²) in [5, 5.41) is 17.3. The molecule has 1 aromatic heterocycles. The number of aromatic amines is 1. The van der Waals surface area contributed by atoms with Crippen molar-refractivity contribution in [2.75, 3.05) is 6.54 Å². The Labute approximate surface area is 103 Å². The molecule has 0 aliphatic heterocycles. The summed E-state index contributed by atoms with van der Waals surface area (Å²) < 4.78 is 0. The third-order valence-corrected chi connectivity index (χ3v) is 2.38. The second-order valence-corrected chi connectivity index (χ2v) is 3.64. The van der Waals surface area contributed by atoms with E-state index in [1.165, 1.54) is 0 Å². The minimum Gasteiger partial charge on any atom is -0.480 e. The fourth-order valence-corrected chi connectivity index (χ4v) is 1.48. The maximum absolute atomic E-state index is 11.6. The first-order chi connectivity index (χ1) is 8.66. The Morgan fingerprint density at radius 2 is 1.94 bits per heavy atom. The first kappa shape index (κ1) is 11.8. The van der Waals surface area contributed by atoms with Crippen molar-refractivity contribution in [3.8, 4) is 11.1 Å². The number of aromatic nitrogens is 2. The molecular weight excluding hydrogens is 234 g/mol. The summed E-state index contributed by atoms with van der Waals surface area (Å²) in [4.78, 5) is 21.9. The summed E-state index contributed by atoms with van der Waals surface area (Å²) >= 11 is 0. The minimum absolute atomic E-state index is 0.387. The van der Waals surface area contributed by atoms with E-state index in [4.69, 9.17) is 5.11 Å². The SMILES string of the molecule is O=C(O)CNC(=O)c1ccc(-c2cn[nH]c2)cc1. The number of amides is 1. The molecule has 18 heavy (non-hydrogen) atoms. The summed E-state index contributed by atoms with van der Waals surface area (Å²) in [6.07, 6.45) is 3.43. The van der Waals surface area contributed by atoms with Crippen molar-refractivity contribution in [3.05, 3.63) is 42.2 Å². The van der Waals surface area contributed by atoms with E-state index >= 15 is 0 Å². The molecule has 0 aliphatic carbocycles. The maximum Gasteiger partial charge on any atom is 0.322 e. The molecule has 0 unspecified atom stereocenters. The van der Waals surface area contributed by atoms with Crippen molar-refractivity contribution >= 4 is 11.9 Å². The number of nitrogens with zero attached hydrogens (tertiary/aromatic N) is 1. The standard InChI is InChI=1S/C12H11N3O3/c16-11(17)7-13-12(18)9-3-1-8(2-4-9)10-5-14-15-6-10/h1-6H,7H2,(H,13,18)(H,14,15)(H,16,17). The summed E-state index contributed by atoms with van der Waals surface area (Å²) in [6, 6.07) is 6.83. The molecule has 2 aromatic rings. The molecule has 0 fully saturated rings. The van der Waals surface area contributed by atoms with Crippen LogP contribution in [-0.2, 0) is 4.79 Å². The average Bonchev–Trinajstić information content (AvgIpc) is 2.90. The molecule has 2 rings (SSSR count). The van der Waals surface area contributed by atoms with E-state index in [9.17, 15) is 9.59 Å². The van der Waals surface area contributed by atoms with Crippen molar-refractivity contribution < 1.29 is 14.7 Å². The third-order valence-electron chi connectivity index (χ3n) is 2.38. The minimum atomic E-state index is -1.07. The number of hydrogen-bond donors (Lipinski definition) is 3. The van der Waals surface area contributed by atoms with Crippen LogP contribution in [0.15, 0.2) is 36.7 Å². The molecule has 0 saturated heterocycles. The van der Waals surface area contributed by atoms with Crippen molar-refractivity contribution in [1.29, 1.82) is 0 Å². The molecule has 1 amide bonds. The summed E-state index contributed by atoms with van der Waals surface area (Å²) in [5.74, 6) is -1.48. The molecule has 0 bridgehead atoms. The molecule has 6 heteroatoms. The zero-order valence-electron chi connectivity index (χ0n) is 9.38. The Balaban J connectivity index is 2.08. The van der Waals surface area contributed by atoms with Crippen LogP contribution in [0.1, 0.15) is 10.4 Å². The van der Waals surface area contributed by atoms with Crippen LogP contribution in [0.25, 0.3) is 11.1 Å². The van der Waals surface area contributed by atoms with Gasteiger partial charge in [-0.1, -0.05) is 12.1 Å². The highest BCUT2D eigenvalue weighted by molar-refractivity contribution is 5.96. The van der Waals surface area contributed by atoms with E-state index in [0.29, 0.717) is 5.56 Å². The molecule has 1 aromatic carbocycles. The van der Waals surface area contributed by atoms with Crippen LogP contribution < -0.4 is 5.32 Å². The molecule has 0 atom stereocenters. The van der Waals surface area contributed by atoms with Gasteiger partial charge in [0.2, 0.25) is 0 Å². The first-order valence-electron chi connectivity index (χ1n) is 5.26. The van der Waals surface area contributed by atoms with E-state index in [1.807, 2.05) is 0 Å². The Morgan fingerprint density at radius 3 is 2.50 bits per heavy atom. The molecular formula is C12H11N3O3. The molecule has 0 saturated carbocycles. The van der Waals surface area contributed by atoms with E-state index < -0.39 is 11.9 Å². The molecule has 0 radical (unpaired) electrons. The Bertz CT molecular complexity index is 546. The normalized spacial score (nSPS) is 10.0. The number of carboxylic acids is 1. The van der Waals surface area contributed by atoms with E-state index in [0.717, 1.165) is 11.1 Å². The number of benzene rings is 1. The van der Waals surface area contributed by atoms with E-state index in [2.05, 4.69) is 15.5 Å². The van der Waals surface area contributed by atoms with Gasteiger partial charge in [-0.25, -0.2) is 0 Å². The van der Waals surface area contributed by atoms with Gasteiger partial charge >= 0.3 is 5.97 Å². The van der Waals surface area contributed by atoms with Crippen molar-refractivity contribution in [2.24, 2.45) is 0 Å². The lowest BCUT2D eigenvalue weighted by Gasteiger charge is -2.03. The number of nitrogens with one attached hydrogen (secondary N) is 2. The average molecular weight is 245 g/mol. The highest BCUT2D eigenvalue weighted by Gasteiger charge is 2.07. The van der Waals surface area contributed by atoms with Gasteiger partial charge in [0, 0.05) is 17.3 Å². The summed E-state index contributed by atoms with van der Waals surface area (Å²) in [5.41, 5.74) is 2.27. The number of carbonyl (C=O) groups is 2. The van der Waals surface area contributed by atoms with Crippen molar-refractivity contribution in [1.82, 2.24) is 15.5 Å². The largest absolute Gasteiger partial charge is 0.480 e. The van der Waals surface area contributed by atoms with Crippen LogP contribution in [0, 0.1) is 0 Å². The van der Waals surface area contributed by atoms with Gasteiger partial charge in [0.15, 0.2) is 0 Å². The fraction of sp³-hybridized carbons (Fsp3) is 0.0833. The summed E-state index contributed by atoms with van der Waals surface area (Å²) in [7, 11) is 0. The van der Waals surface area contributed by atoms with Gasteiger partial charge in [-0.15, -0.1) is 0 Å². The van der Waals surface area contributed by atoms with Crippen molar-refractivity contribution in [2.45, 2.75) is 0 Å². The first-order valence-corrected chi connectivity index (χ1v) is 5.26. The molecule has 6 nitrogen and oxygen atoms in total. The Kier molecular flexibility index (Phi) is 3.38. The van der Waals surface area contributed by atoms with Gasteiger partial charge in [0.1, 0.15) is 6.54 Å². The number of H-pyrrole nitrogens is 1. The second-order valence-electron chi connectivity index (χ2n) is 3.64. The van der Waals surface area contributed by atoms with Gasteiger partial charge in [-0.2, -0.15) is 5.10 Å². The van der Waals surface area contributed by atoms with Gasteiger partial charge in [0.05, 0.1) is 6.20 Å². The number of hydrogen-bond acceptors (Lipinski definition) is 3. The molecule has 0 aliphatic rings. The van der Waals surface area contributed by atoms with Crippen molar-refractivity contribution in [3.63, 3.8) is 0 Å². The van der Waals surface area contributed by atoms with Crippen LogP contribution in [0.4, 0.5) is 0 Å². The number of aliphatic carboxylic acids is 1. The Hall–Kier alpha value is -2.63. The molecule has 92 valence electrons. The lowest BCUT2D eigenvalue weighted by Crippen LogP contribution is -2.29. The van der Waals surface area contributed by atoms with Gasteiger partial charge < -0.3 is 10.4 Å².